The van der Waals surface area contributed by atoms with Gasteiger partial charge in [0.2, 0.25) is 0 Å². The zero-order valence-electron chi connectivity index (χ0n) is 12.2. The molecule has 0 aliphatic carbocycles. The largest absolute Gasteiger partial charge is 0.384 e. The lowest BCUT2D eigenvalue weighted by Crippen LogP contribution is -2.49. The average molecular weight is 339 g/mol. The maximum absolute atomic E-state index is 7.51. The molecule has 1 aliphatic rings. The van der Waals surface area contributed by atoms with Crippen molar-refractivity contribution in [2.24, 2.45) is 5.73 Å². The predicted octanol–water partition coefficient (Wildman–Crippen LogP) is 2.65. The number of benzene rings is 1. The van der Waals surface area contributed by atoms with Crippen LogP contribution in [-0.2, 0) is 0 Å². The van der Waals surface area contributed by atoms with Crippen LogP contribution >= 0.6 is 15.9 Å². The van der Waals surface area contributed by atoms with Crippen LogP contribution in [-0.4, -0.2) is 43.0 Å². The van der Waals surface area contributed by atoms with Gasteiger partial charge in [0, 0.05) is 47.9 Å². The van der Waals surface area contributed by atoms with Gasteiger partial charge in [-0.15, -0.1) is 0 Å². The third-order valence-electron chi connectivity index (χ3n) is 4.14. The quantitative estimate of drug-likeness (QED) is 0.655. The first-order valence-electron chi connectivity index (χ1n) is 7.16. The van der Waals surface area contributed by atoms with Gasteiger partial charge in [-0.05, 0) is 47.5 Å². The Morgan fingerprint density at radius 3 is 2.50 bits per heavy atom. The van der Waals surface area contributed by atoms with Gasteiger partial charge < -0.3 is 10.6 Å². The van der Waals surface area contributed by atoms with Gasteiger partial charge in [0.15, 0.2) is 0 Å². The topological polar surface area (TPSA) is 56.4 Å². The summed E-state index contributed by atoms with van der Waals surface area (Å²) in [5.74, 6) is 0.102. The first-order valence-corrected chi connectivity index (χ1v) is 7.95. The molecule has 1 fully saturated rings. The van der Waals surface area contributed by atoms with Crippen molar-refractivity contribution in [3.05, 3.63) is 28.2 Å². The standard InChI is InChI=1S/C15H23BrN4/c1-3-11(2)19-6-8-20(9-7-19)12-4-5-13(15(17)18)14(16)10-12/h4-5,10-11H,3,6-9H2,1-2H3,(H3,17,18). The van der Waals surface area contributed by atoms with Crippen LogP contribution in [0.3, 0.4) is 0 Å². The van der Waals surface area contributed by atoms with Crippen molar-refractivity contribution in [1.29, 1.82) is 5.41 Å². The lowest BCUT2D eigenvalue weighted by atomic mass is 10.1. The van der Waals surface area contributed by atoms with Gasteiger partial charge in [0.05, 0.1) is 0 Å². The van der Waals surface area contributed by atoms with Crippen molar-refractivity contribution in [2.45, 2.75) is 26.3 Å². The highest BCUT2D eigenvalue weighted by Gasteiger charge is 2.20. The molecule has 1 unspecified atom stereocenters. The summed E-state index contributed by atoms with van der Waals surface area (Å²) in [7, 11) is 0. The Hall–Kier alpha value is -1.07. The Bertz CT molecular complexity index is 481. The molecule has 1 heterocycles. The number of hydrogen-bond acceptors (Lipinski definition) is 3. The first kappa shape index (κ1) is 15.3. The summed E-state index contributed by atoms with van der Waals surface area (Å²) in [5, 5.41) is 7.51. The number of nitrogens with zero attached hydrogens (tertiary/aromatic N) is 2. The summed E-state index contributed by atoms with van der Waals surface area (Å²) in [4.78, 5) is 4.95. The van der Waals surface area contributed by atoms with Gasteiger partial charge >= 0.3 is 0 Å². The van der Waals surface area contributed by atoms with Crippen molar-refractivity contribution in [1.82, 2.24) is 4.90 Å². The normalized spacial score (nSPS) is 18.1. The van der Waals surface area contributed by atoms with Crippen LogP contribution in [0.15, 0.2) is 22.7 Å². The fourth-order valence-electron chi connectivity index (χ4n) is 2.60. The molecule has 1 aromatic carbocycles. The summed E-state index contributed by atoms with van der Waals surface area (Å²) in [6.45, 7) is 8.87. The lowest BCUT2D eigenvalue weighted by molar-refractivity contribution is 0.193. The Kier molecular flexibility index (Phi) is 5.05. The molecule has 1 aliphatic heterocycles. The molecule has 1 saturated heterocycles. The minimum absolute atomic E-state index is 0.102. The van der Waals surface area contributed by atoms with Crippen LogP contribution in [0.1, 0.15) is 25.8 Å². The summed E-state index contributed by atoms with van der Waals surface area (Å²) < 4.78 is 0.895. The molecular formula is C15H23BrN4. The molecule has 1 aromatic rings. The van der Waals surface area contributed by atoms with Crippen LogP contribution in [0.4, 0.5) is 5.69 Å². The smallest absolute Gasteiger partial charge is 0.123 e. The van der Waals surface area contributed by atoms with E-state index in [9.17, 15) is 0 Å². The van der Waals surface area contributed by atoms with E-state index in [1.54, 1.807) is 0 Å². The van der Waals surface area contributed by atoms with E-state index < -0.39 is 0 Å². The highest BCUT2D eigenvalue weighted by Crippen LogP contribution is 2.25. The molecule has 1 atom stereocenters. The number of amidine groups is 1. The van der Waals surface area contributed by atoms with Crippen molar-refractivity contribution in [3.8, 4) is 0 Å². The maximum Gasteiger partial charge on any atom is 0.123 e. The van der Waals surface area contributed by atoms with Gasteiger partial charge in [-0.25, -0.2) is 0 Å². The molecule has 0 spiro atoms. The number of nitrogen functional groups attached to an aromatic ring is 1. The SMILES string of the molecule is CCC(C)N1CCN(c2ccc(C(=N)N)c(Br)c2)CC1. The molecule has 3 N–H and O–H groups in total. The second-order valence-electron chi connectivity index (χ2n) is 5.36. The molecule has 0 saturated carbocycles. The minimum atomic E-state index is 0.102. The van der Waals surface area contributed by atoms with E-state index in [0.29, 0.717) is 6.04 Å². The molecule has 0 bridgehead atoms. The van der Waals surface area contributed by atoms with E-state index in [-0.39, 0.29) is 5.84 Å². The third kappa shape index (κ3) is 3.33. The molecule has 5 heteroatoms. The van der Waals surface area contributed by atoms with Crippen LogP contribution < -0.4 is 10.6 Å². The van der Waals surface area contributed by atoms with Gasteiger partial charge in [-0.3, -0.25) is 10.3 Å². The zero-order valence-corrected chi connectivity index (χ0v) is 13.8. The fraction of sp³-hybridized carbons (Fsp3) is 0.533. The number of hydrogen-bond donors (Lipinski definition) is 2. The first-order chi connectivity index (χ1) is 9.52. The number of piperazine rings is 1. The van der Waals surface area contributed by atoms with E-state index >= 15 is 0 Å². The second-order valence-corrected chi connectivity index (χ2v) is 6.21. The molecule has 0 amide bonds. The van der Waals surface area contributed by atoms with E-state index in [4.69, 9.17) is 11.1 Å². The predicted molar refractivity (Wildman–Crippen MR) is 88.7 cm³/mol. The van der Waals surface area contributed by atoms with Crippen molar-refractivity contribution in [2.75, 3.05) is 31.1 Å². The van der Waals surface area contributed by atoms with Crippen LogP contribution in [0.2, 0.25) is 0 Å². The highest BCUT2D eigenvalue weighted by atomic mass is 79.9. The van der Waals surface area contributed by atoms with Gasteiger partial charge in [-0.1, -0.05) is 6.92 Å². The Labute approximate surface area is 129 Å². The molecule has 0 radical (unpaired) electrons. The second kappa shape index (κ2) is 6.59. The van der Waals surface area contributed by atoms with E-state index in [2.05, 4.69) is 51.7 Å². The summed E-state index contributed by atoms with van der Waals surface area (Å²) in [6.07, 6.45) is 1.21. The van der Waals surface area contributed by atoms with Crippen LogP contribution in [0.25, 0.3) is 0 Å². The average Bonchev–Trinajstić information content (AvgIpc) is 2.46. The maximum atomic E-state index is 7.51. The fourth-order valence-corrected chi connectivity index (χ4v) is 3.18. The van der Waals surface area contributed by atoms with Crippen LogP contribution in [0, 0.1) is 5.41 Å². The van der Waals surface area contributed by atoms with E-state index in [1.807, 2.05) is 6.07 Å². The monoisotopic (exact) mass is 338 g/mol. The minimum Gasteiger partial charge on any atom is -0.384 e. The lowest BCUT2D eigenvalue weighted by Gasteiger charge is -2.39. The van der Waals surface area contributed by atoms with Crippen molar-refractivity contribution >= 4 is 27.5 Å². The molecular weight excluding hydrogens is 316 g/mol. The number of nitrogens with two attached hydrogens (primary N) is 1. The Morgan fingerprint density at radius 2 is 2.00 bits per heavy atom. The Balaban J connectivity index is 2.04. The highest BCUT2D eigenvalue weighted by molar-refractivity contribution is 9.10. The third-order valence-corrected chi connectivity index (χ3v) is 4.79. The summed E-state index contributed by atoms with van der Waals surface area (Å²) in [5.41, 5.74) is 7.50. The van der Waals surface area contributed by atoms with Crippen LogP contribution in [0.5, 0.6) is 0 Å². The molecule has 110 valence electrons. The van der Waals surface area contributed by atoms with Gasteiger partial charge in [-0.2, -0.15) is 0 Å². The molecule has 0 aromatic heterocycles. The van der Waals surface area contributed by atoms with Gasteiger partial charge in [0.1, 0.15) is 5.84 Å². The number of halogens is 1. The number of nitrogens with one attached hydrogen (secondary N) is 1. The van der Waals surface area contributed by atoms with Gasteiger partial charge in [0.25, 0.3) is 0 Å². The van der Waals surface area contributed by atoms with E-state index in [1.165, 1.54) is 12.1 Å². The molecule has 2 rings (SSSR count). The number of rotatable bonds is 4. The number of anilines is 1. The summed E-state index contributed by atoms with van der Waals surface area (Å²) >= 11 is 3.50. The van der Waals surface area contributed by atoms with E-state index in [0.717, 1.165) is 36.2 Å². The van der Waals surface area contributed by atoms with Crippen molar-refractivity contribution in [3.63, 3.8) is 0 Å². The summed E-state index contributed by atoms with van der Waals surface area (Å²) in [6, 6.07) is 6.71. The molecule has 4 nitrogen and oxygen atoms in total. The Morgan fingerprint density at radius 1 is 1.35 bits per heavy atom. The van der Waals surface area contributed by atoms with Crippen molar-refractivity contribution < 1.29 is 0 Å². The zero-order chi connectivity index (χ0) is 14.7. The molecule has 20 heavy (non-hydrogen) atoms.